The Morgan fingerprint density at radius 1 is 1.13 bits per heavy atom. The highest BCUT2D eigenvalue weighted by Crippen LogP contribution is 2.35. The van der Waals surface area contributed by atoms with Crippen molar-refractivity contribution in [2.24, 2.45) is 0 Å². The van der Waals surface area contributed by atoms with Crippen LogP contribution in [0.4, 0.5) is 14.5 Å². The number of hydrogen-bond acceptors (Lipinski definition) is 4. The molecular formula is C22H25BrF2N2O3S. The van der Waals surface area contributed by atoms with Crippen molar-refractivity contribution in [2.45, 2.75) is 25.2 Å². The van der Waals surface area contributed by atoms with Crippen LogP contribution >= 0.6 is 15.9 Å². The summed E-state index contributed by atoms with van der Waals surface area (Å²) in [6, 6.07) is 10.3. The maximum absolute atomic E-state index is 13.5. The van der Waals surface area contributed by atoms with Crippen LogP contribution in [-0.2, 0) is 15.7 Å². The minimum Gasteiger partial charge on any atom is -0.495 e. The van der Waals surface area contributed by atoms with E-state index < -0.39 is 17.4 Å². The molecule has 2 heterocycles. The largest absolute Gasteiger partial charge is 0.495 e. The molecule has 1 aliphatic heterocycles. The van der Waals surface area contributed by atoms with E-state index in [0.29, 0.717) is 47.9 Å². The van der Waals surface area contributed by atoms with Crippen molar-refractivity contribution in [3.8, 4) is 5.75 Å². The lowest BCUT2D eigenvalue weighted by molar-refractivity contribution is 0.122. The summed E-state index contributed by atoms with van der Waals surface area (Å²) < 4.78 is 53.4. The molecule has 0 N–H and O–H groups in total. The molecule has 3 aromatic rings. The summed E-state index contributed by atoms with van der Waals surface area (Å²) in [4.78, 5) is 2.61. The van der Waals surface area contributed by atoms with Gasteiger partial charge in [0.15, 0.2) is 11.0 Å². The van der Waals surface area contributed by atoms with Crippen LogP contribution in [0.1, 0.15) is 25.8 Å². The molecule has 0 aliphatic carbocycles. The molecule has 1 atom stereocenters. The van der Waals surface area contributed by atoms with E-state index in [1.165, 1.54) is 10.2 Å². The van der Waals surface area contributed by atoms with Gasteiger partial charge in [0.05, 0.1) is 36.4 Å². The molecule has 31 heavy (non-hydrogen) atoms. The summed E-state index contributed by atoms with van der Waals surface area (Å²) in [6.45, 7) is 6.59. The number of nitrogens with zero attached hydrogens (tertiary/aromatic N) is 2. The highest BCUT2D eigenvalue weighted by Gasteiger charge is 2.22. The number of rotatable bonds is 5. The monoisotopic (exact) mass is 514 g/mol. The Hall–Kier alpha value is -1.97. The van der Waals surface area contributed by atoms with Crippen molar-refractivity contribution in [1.29, 1.82) is 0 Å². The van der Waals surface area contributed by atoms with E-state index in [4.69, 9.17) is 9.47 Å². The maximum atomic E-state index is 13.5. The minimum absolute atomic E-state index is 0.136. The highest BCUT2D eigenvalue weighted by atomic mass is 79.9. The van der Waals surface area contributed by atoms with Crippen molar-refractivity contribution in [3.05, 3.63) is 52.6 Å². The lowest BCUT2D eigenvalue weighted by Gasteiger charge is -2.30. The summed E-state index contributed by atoms with van der Waals surface area (Å²) >= 11 is 3.37. The normalized spacial score (nSPS) is 15.0. The van der Waals surface area contributed by atoms with Gasteiger partial charge in [-0.1, -0.05) is 35.8 Å². The molecule has 4 rings (SSSR count). The molecule has 1 aromatic heterocycles. The second-order valence-corrected chi connectivity index (χ2v) is 8.83. The van der Waals surface area contributed by atoms with Gasteiger partial charge in [0.2, 0.25) is 0 Å². The molecule has 1 unspecified atom stereocenters. The standard InChI is InChI=1S/C20H19BrF2N2O3S.C2H6/c1-27-19-5-3-14(11-18(19)24-6-8-28-9-7-24)29(26)25-12-16(20(22)23)15-4-2-13(21)10-17(15)25;1-2/h2-5,10-12,20H,6-9H2,1H3;1-2H3. The Morgan fingerprint density at radius 3 is 2.48 bits per heavy atom. The van der Waals surface area contributed by atoms with Gasteiger partial charge in [-0.05, 0) is 30.3 Å². The predicted molar refractivity (Wildman–Crippen MR) is 124 cm³/mol. The van der Waals surface area contributed by atoms with Gasteiger partial charge in [-0.2, -0.15) is 0 Å². The molecule has 0 amide bonds. The smallest absolute Gasteiger partial charge is 0.265 e. The van der Waals surface area contributed by atoms with Crippen LogP contribution in [0.25, 0.3) is 10.9 Å². The first kappa shape index (κ1) is 23.7. The van der Waals surface area contributed by atoms with Crippen LogP contribution in [0.3, 0.4) is 0 Å². The number of aromatic nitrogens is 1. The second-order valence-electron chi connectivity index (χ2n) is 6.55. The molecule has 9 heteroatoms. The van der Waals surface area contributed by atoms with Crippen molar-refractivity contribution < 1.29 is 22.5 Å². The number of methoxy groups -OCH3 is 1. The number of fused-ring (bicyclic) bond motifs is 1. The summed E-state index contributed by atoms with van der Waals surface area (Å²) in [6.07, 6.45) is -1.38. The zero-order chi connectivity index (χ0) is 22.5. The molecule has 1 fully saturated rings. The lowest BCUT2D eigenvalue weighted by Crippen LogP contribution is -2.36. The number of hydrogen-bond donors (Lipinski definition) is 0. The Morgan fingerprint density at radius 2 is 1.84 bits per heavy atom. The quantitative estimate of drug-likeness (QED) is 0.432. The Labute approximate surface area is 191 Å². The van der Waals surface area contributed by atoms with Gasteiger partial charge in [0.25, 0.3) is 6.43 Å². The van der Waals surface area contributed by atoms with Crippen molar-refractivity contribution in [3.63, 3.8) is 0 Å². The van der Waals surface area contributed by atoms with Crippen LogP contribution in [-0.4, -0.2) is 41.6 Å². The first-order chi connectivity index (χ1) is 15.0. The SMILES string of the molecule is CC.COc1ccc(S(=O)n2cc(C(F)F)c3ccc(Br)cc32)cc1N1CCOCC1. The fourth-order valence-corrected chi connectivity index (χ4v) is 4.96. The number of halogens is 3. The van der Waals surface area contributed by atoms with Gasteiger partial charge in [-0.15, -0.1) is 0 Å². The number of benzene rings is 2. The van der Waals surface area contributed by atoms with Gasteiger partial charge < -0.3 is 14.4 Å². The van der Waals surface area contributed by atoms with E-state index in [1.54, 1.807) is 43.5 Å². The van der Waals surface area contributed by atoms with Crippen LogP contribution < -0.4 is 9.64 Å². The highest BCUT2D eigenvalue weighted by molar-refractivity contribution is 9.10. The van der Waals surface area contributed by atoms with E-state index in [0.717, 1.165) is 10.2 Å². The van der Waals surface area contributed by atoms with Gasteiger partial charge in [-0.25, -0.2) is 13.0 Å². The Balaban J connectivity index is 0.00000132. The van der Waals surface area contributed by atoms with Crippen LogP contribution in [0.15, 0.2) is 52.0 Å². The van der Waals surface area contributed by atoms with Crippen molar-refractivity contribution in [1.82, 2.24) is 3.97 Å². The predicted octanol–water partition coefficient (Wildman–Crippen LogP) is 5.78. The average Bonchev–Trinajstić information content (AvgIpc) is 3.19. The van der Waals surface area contributed by atoms with E-state index in [-0.39, 0.29) is 5.56 Å². The van der Waals surface area contributed by atoms with Crippen LogP contribution in [0, 0.1) is 0 Å². The molecule has 0 spiro atoms. The zero-order valence-corrected chi connectivity index (χ0v) is 20.0. The third-order valence-electron chi connectivity index (χ3n) is 4.88. The third kappa shape index (κ3) is 4.94. The molecule has 2 aromatic carbocycles. The topological polar surface area (TPSA) is 43.7 Å². The number of morpholine rings is 1. The molecule has 0 saturated carbocycles. The fraction of sp³-hybridized carbons (Fsp3) is 0.364. The Kier molecular flexibility index (Phi) is 8.07. The molecule has 0 radical (unpaired) electrons. The summed E-state index contributed by atoms with van der Waals surface area (Å²) in [5.74, 6) is 0.668. The third-order valence-corrected chi connectivity index (χ3v) is 6.69. The molecule has 1 saturated heterocycles. The Bertz CT molecular complexity index is 1070. The molecular weight excluding hydrogens is 490 g/mol. The van der Waals surface area contributed by atoms with E-state index >= 15 is 0 Å². The van der Waals surface area contributed by atoms with Gasteiger partial charge in [-0.3, -0.25) is 3.97 Å². The summed E-state index contributed by atoms with van der Waals surface area (Å²) in [7, 11) is -0.116. The average molecular weight is 515 g/mol. The van der Waals surface area contributed by atoms with E-state index in [9.17, 15) is 13.0 Å². The lowest BCUT2D eigenvalue weighted by atomic mass is 10.2. The minimum atomic E-state index is -2.66. The second kappa shape index (κ2) is 10.6. The summed E-state index contributed by atoms with van der Waals surface area (Å²) in [5.41, 5.74) is 1.16. The van der Waals surface area contributed by atoms with E-state index in [1.807, 2.05) is 13.8 Å². The number of alkyl halides is 2. The van der Waals surface area contributed by atoms with Gasteiger partial charge in [0.1, 0.15) is 5.75 Å². The zero-order valence-electron chi connectivity index (χ0n) is 17.6. The molecule has 1 aliphatic rings. The molecule has 168 valence electrons. The molecule has 5 nitrogen and oxygen atoms in total. The number of anilines is 1. The maximum Gasteiger partial charge on any atom is 0.265 e. The van der Waals surface area contributed by atoms with Gasteiger partial charge in [0, 0.05) is 34.7 Å². The van der Waals surface area contributed by atoms with Crippen molar-refractivity contribution >= 4 is 43.5 Å². The van der Waals surface area contributed by atoms with Crippen molar-refractivity contribution in [2.75, 3.05) is 38.3 Å². The van der Waals surface area contributed by atoms with Crippen LogP contribution in [0.2, 0.25) is 0 Å². The van der Waals surface area contributed by atoms with E-state index in [2.05, 4.69) is 20.8 Å². The molecule has 0 bridgehead atoms. The fourth-order valence-electron chi connectivity index (χ4n) is 3.45. The number of ether oxygens (including phenoxy) is 2. The first-order valence-electron chi connectivity index (χ1n) is 10.0. The van der Waals surface area contributed by atoms with Crippen LogP contribution in [0.5, 0.6) is 5.75 Å². The summed E-state index contributed by atoms with van der Waals surface area (Å²) in [5, 5.41) is 0.387. The van der Waals surface area contributed by atoms with Gasteiger partial charge >= 0.3 is 0 Å². The first-order valence-corrected chi connectivity index (χ1v) is 11.9.